The summed E-state index contributed by atoms with van der Waals surface area (Å²) in [4.78, 5) is 0. The second-order valence-corrected chi connectivity index (χ2v) is 2.44. The summed E-state index contributed by atoms with van der Waals surface area (Å²) in [6.45, 7) is 0. The fourth-order valence-electron chi connectivity index (χ4n) is 0.773. The summed E-state index contributed by atoms with van der Waals surface area (Å²) in [5.41, 5.74) is 0. The van der Waals surface area contributed by atoms with Crippen molar-refractivity contribution >= 4 is 15.9 Å². The summed E-state index contributed by atoms with van der Waals surface area (Å²) in [5, 5.41) is 0. The molecule has 2 rings (SSSR count). The first-order valence-electron chi connectivity index (χ1n) is 2.71. The highest BCUT2D eigenvalue weighted by Crippen LogP contribution is 2.29. The molecule has 1 radical (unpaired) electrons. The molecule has 0 amide bonds. The number of fused-ring (bicyclic) bond motifs is 1. The van der Waals surface area contributed by atoms with Crippen LogP contribution in [0.5, 0.6) is 11.5 Å². The maximum Gasteiger partial charge on any atom is 0.882 e. The van der Waals surface area contributed by atoms with Gasteiger partial charge in [0.05, 0.1) is 0 Å². The van der Waals surface area contributed by atoms with Crippen molar-refractivity contribution in [2.45, 2.75) is 0 Å². The van der Waals surface area contributed by atoms with Gasteiger partial charge in [-0.25, -0.2) is 0 Å². The SMILES string of the molecule is c1ccc2c(c1)[O][Al][O]2. The molecule has 2 nitrogen and oxygen atoms in total. The lowest BCUT2D eigenvalue weighted by Crippen LogP contribution is -1.99. The van der Waals surface area contributed by atoms with Crippen molar-refractivity contribution in [3.63, 3.8) is 0 Å². The molecule has 3 heteroatoms. The highest BCUT2D eigenvalue weighted by molar-refractivity contribution is 6.22. The van der Waals surface area contributed by atoms with E-state index >= 15 is 0 Å². The molecule has 9 heavy (non-hydrogen) atoms. The maximum atomic E-state index is 5.16. The Morgan fingerprint density at radius 3 is 2.11 bits per heavy atom. The van der Waals surface area contributed by atoms with Crippen LogP contribution in [-0.4, -0.2) is 15.9 Å². The quantitative estimate of drug-likeness (QED) is 0.494. The average Bonchev–Trinajstić information content (AvgIpc) is 2.33. The standard InChI is InChI=1S/C6H6O2.Al/c7-5-3-1-2-4-6(5)8;/h1-4,7-8H;/q;+2/p-2. The molecule has 0 N–H and O–H groups in total. The largest absolute Gasteiger partial charge is 0.882 e. The van der Waals surface area contributed by atoms with E-state index in [2.05, 4.69) is 0 Å². The Labute approximate surface area is 59.8 Å². The molecule has 1 aromatic carbocycles. The fraction of sp³-hybridized carbons (Fsp3) is 0. The van der Waals surface area contributed by atoms with Gasteiger partial charge in [-0.05, 0) is 12.1 Å². The van der Waals surface area contributed by atoms with Crippen LogP contribution in [0.3, 0.4) is 0 Å². The van der Waals surface area contributed by atoms with Crippen molar-refractivity contribution in [3.05, 3.63) is 24.3 Å². The van der Waals surface area contributed by atoms with Gasteiger partial charge in [0.15, 0.2) is 0 Å². The molecule has 0 bridgehead atoms. The van der Waals surface area contributed by atoms with Gasteiger partial charge in [-0.2, -0.15) is 0 Å². The van der Waals surface area contributed by atoms with Crippen molar-refractivity contribution in [1.29, 1.82) is 0 Å². The number of para-hydroxylation sites is 2. The van der Waals surface area contributed by atoms with Gasteiger partial charge in [-0.3, -0.25) is 0 Å². The summed E-state index contributed by atoms with van der Waals surface area (Å²) in [6, 6.07) is 7.70. The molecule has 1 aliphatic heterocycles. The zero-order valence-corrected chi connectivity index (χ0v) is 5.86. The van der Waals surface area contributed by atoms with Gasteiger partial charge in [0.25, 0.3) is 0 Å². The van der Waals surface area contributed by atoms with Crippen molar-refractivity contribution in [2.75, 3.05) is 0 Å². The average molecular weight is 135 g/mol. The van der Waals surface area contributed by atoms with Gasteiger partial charge in [0, 0.05) is 0 Å². The minimum absolute atomic E-state index is 0.282. The lowest BCUT2D eigenvalue weighted by Gasteiger charge is -1.95. The summed E-state index contributed by atoms with van der Waals surface area (Å²) in [6.07, 6.45) is 0. The molecule has 1 heterocycles. The third kappa shape index (κ3) is 0.788. The van der Waals surface area contributed by atoms with Crippen molar-refractivity contribution in [2.24, 2.45) is 0 Å². The van der Waals surface area contributed by atoms with Gasteiger partial charge in [-0.15, -0.1) is 0 Å². The van der Waals surface area contributed by atoms with Gasteiger partial charge in [0.1, 0.15) is 11.5 Å². The van der Waals surface area contributed by atoms with E-state index in [1.54, 1.807) is 0 Å². The molecule has 0 atom stereocenters. The zero-order valence-electron chi connectivity index (χ0n) is 4.70. The molecule has 0 aliphatic carbocycles. The Bertz CT molecular complexity index is 201. The van der Waals surface area contributed by atoms with E-state index in [1.165, 1.54) is 0 Å². The van der Waals surface area contributed by atoms with Crippen LogP contribution in [0.15, 0.2) is 24.3 Å². The third-order valence-corrected chi connectivity index (χ3v) is 1.90. The van der Waals surface area contributed by atoms with Gasteiger partial charge in [0.2, 0.25) is 0 Å². The van der Waals surface area contributed by atoms with Crippen LogP contribution >= 0.6 is 0 Å². The topological polar surface area (TPSA) is 18.5 Å². The van der Waals surface area contributed by atoms with Crippen LogP contribution < -0.4 is 7.58 Å². The lowest BCUT2D eigenvalue weighted by atomic mass is 10.3. The van der Waals surface area contributed by atoms with Crippen LogP contribution in [0.1, 0.15) is 0 Å². The molecule has 43 valence electrons. The molecule has 1 aromatic rings. The molecule has 0 aromatic heterocycles. The molecule has 0 fully saturated rings. The summed E-state index contributed by atoms with van der Waals surface area (Å²) in [5.74, 6) is 1.76. The Hall–Kier alpha value is -0.648. The van der Waals surface area contributed by atoms with Crippen molar-refractivity contribution < 1.29 is 7.58 Å². The summed E-state index contributed by atoms with van der Waals surface area (Å²) in [7, 11) is 0. The van der Waals surface area contributed by atoms with Crippen LogP contribution in [0.4, 0.5) is 0 Å². The molecular weight excluding hydrogens is 131 g/mol. The normalized spacial score (nSPS) is 12.9. The van der Waals surface area contributed by atoms with Crippen molar-refractivity contribution in [3.8, 4) is 11.5 Å². The second kappa shape index (κ2) is 1.94. The number of hydrogen-bond donors (Lipinski definition) is 0. The summed E-state index contributed by atoms with van der Waals surface area (Å²) < 4.78 is 10.3. The van der Waals surface area contributed by atoms with E-state index in [9.17, 15) is 0 Å². The zero-order chi connectivity index (χ0) is 6.10. The Balaban J connectivity index is 2.54. The smallest absolute Gasteiger partial charge is 0.613 e. The molecule has 0 saturated carbocycles. The predicted molar refractivity (Wildman–Crippen MR) is 33.5 cm³/mol. The maximum absolute atomic E-state index is 5.16. The molecule has 0 spiro atoms. The van der Waals surface area contributed by atoms with E-state index in [0.717, 1.165) is 11.5 Å². The van der Waals surface area contributed by atoms with Crippen LogP contribution in [0.2, 0.25) is 0 Å². The molecule has 0 unspecified atom stereocenters. The van der Waals surface area contributed by atoms with E-state index in [4.69, 9.17) is 7.58 Å². The first kappa shape index (κ1) is 5.16. The predicted octanol–water partition coefficient (Wildman–Crippen LogP) is 0.992. The first-order valence-corrected chi connectivity index (χ1v) is 3.65. The Kier molecular flexibility index (Phi) is 1.12. The van der Waals surface area contributed by atoms with Gasteiger partial charge in [-0.1, -0.05) is 12.1 Å². The second-order valence-electron chi connectivity index (χ2n) is 1.78. The van der Waals surface area contributed by atoms with Crippen LogP contribution in [0.25, 0.3) is 0 Å². The van der Waals surface area contributed by atoms with E-state index in [1.807, 2.05) is 24.3 Å². The Morgan fingerprint density at radius 2 is 1.56 bits per heavy atom. The minimum atomic E-state index is -0.282. The van der Waals surface area contributed by atoms with Crippen molar-refractivity contribution in [1.82, 2.24) is 0 Å². The molecule has 0 saturated heterocycles. The number of hydrogen-bond acceptors (Lipinski definition) is 2. The van der Waals surface area contributed by atoms with Gasteiger partial charge < -0.3 is 7.58 Å². The lowest BCUT2D eigenvalue weighted by molar-refractivity contribution is 0.541. The molecule has 1 aliphatic rings. The minimum Gasteiger partial charge on any atom is -0.613 e. The van der Waals surface area contributed by atoms with Crippen LogP contribution in [0, 0.1) is 0 Å². The summed E-state index contributed by atoms with van der Waals surface area (Å²) >= 11 is -0.282. The van der Waals surface area contributed by atoms with E-state index in [0.29, 0.717) is 0 Å². The van der Waals surface area contributed by atoms with E-state index < -0.39 is 0 Å². The first-order chi connectivity index (χ1) is 4.47. The third-order valence-electron chi connectivity index (χ3n) is 1.20. The highest BCUT2D eigenvalue weighted by Gasteiger charge is 2.16. The number of rotatable bonds is 0. The van der Waals surface area contributed by atoms with Gasteiger partial charge >= 0.3 is 15.9 Å². The number of benzene rings is 1. The van der Waals surface area contributed by atoms with E-state index in [-0.39, 0.29) is 15.9 Å². The Morgan fingerprint density at radius 1 is 1.00 bits per heavy atom. The molecular formula is C6H4AlO2. The van der Waals surface area contributed by atoms with Crippen LogP contribution in [-0.2, 0) is 0 Å². The fourth-order valence-corrected chi connectivity index (χ4v) is 1.42. The monoisotopic (exact) mass is 135 g/mol. The highest BCUT2D eigenvalue weighted by atomic mass is 27.2.